The maximum Gasteiger partial charge on any atom is 0.191 e. The zero-order chi connectivity index (χ0) is 18.8. The molecule has 1 aromatic carbocycles. The molecule has 2 aromatic rings. The molecule has 150 valence electrons. The lowest BCUT2D eigenvalue weighted by molar-refractivity contribution is 0.145. The second kappa shape index (κ2) is 12.9. The number of methoxy groups -OCH3 is 1. The van der Waals surface area contributed by atoms with Crippen molar-refractivity contribution in [1.82, 2.24) is 15.6 Å². The van der Waals surface area contributed by atoms with Gasteiger partial charge in [-0.1, -0.05) is 12.1 Å². The third kappa shape index (κ3) is 8.44. The topological polar surface area (TPSA) is 67.8 Å². The van der Waals surface area contributed by atoms with E-state index in [1.54, 1.807) is 25.5 Å². The minimum atomic E-state index is 0. The molecular weight excluding hydrogens is 475 g/mol. The molecule has 0 saturated carbocycles. The Hall–Kier alpha value is -1.39. The number of hydrogen-bond acceptors (Lipinski definition) is 5. The fourth-order valence-corrected chi connectivity index (χ4v) is 3.17. The molecular formula is C19H29IN4O2S. The lowest BCUT2D eigenvalue weighted by atomic mass is 10.1. The quantitative estimate of drug-likeness (QED) is 0.238. The number of nitrogens with one attached hydrogen (secondary N) is 2. The number of aromatic nitrogens is 1. The van der Waals surface area contributed by atoms with Gasteiger partial charge in [0.2, 0.25) is 0 Å². The summed E-state index contributed by atoms with van der Waals surface area (Å²) >= 11 is 1.73. The predicted molar refractivity (Wildman–Crippen MR) is 123 cm³/mol. The van der Waals surface area contributed by atoms with Crippen LogP contribution < -0.4 is 15.4 Å². The van der Waals surface area contributed by atoms with Gasteiger partial charge in [0.15, 0.2) is 5.96 Å². The summed E-state index contributed by atoms with van der Waals surface area (Å²) in [6.45, 7) is 6.66. The van der Waals surface area contributed by atoms with Crippen LogP contribution in [0.25, 0.3) is 0 Å². The fourth-order valence-electron chi connectivity index (χ4n) is 2.38. The summed E-state index contributed by atoms with van der Waals surface area (Å²) in [5.41, 5.74) is 2.26. The van der Waals surface area contributed by atoms with E-state index in [9.17, 15) is 0 Å². The molecule has 0 saturated heterocycles. The number of hydrogen-bond donors (Lipinski definition) is 2. The Labute approximate surface area is 182 Å². The molecule has 1 aromatic heterocycles. The van der Waals surface area contributed by atoms with E-state index in [1.807, 2.05) is 12.3 Å². The van der Waals surface area contributed by atoms with E-state index in [2.05, 4.69) is 46.6 Å². The van der Waals surface area contributed by atoms with Gasteiger partial charge in [-0.2, -0.15) is 0 Å². The van der Waals surface area contributed by atoms with Crippen molar-refractivity contribution in [2.75, 3.05) is 33.9 Å². The van der Waals surface area contributed by atoms with Crippen LogP contribution in [0.15, 0.2) is 29.4 Å². The Morgan fingerprint density at radius 3 is 2.70 bits per heavy atom. The van der Waals surface area contributed by atoms with Gasteiger partial charge >= 0.3 is 0 Å². The van der Waals surface area contributed by atoms with E-state index in [0.717, 1.165) is 35.2 Å². The largest absolute Gasteiger partial charge is 0.491 e. The van der Waals surface area contributed by atoms with Crippen LogP contribution in [0, 0.1) is 13.8 Å². The van der Waals surface area contributed by atoms with Gasteiger partial charge in [0.05, 0.1) is 11.6 Å². The molecule has 6 nitrogen and oxygen atoms in total. The van der Waals surface area contributed by atoms with Crippen molar-refractivity contribution in [3.8, 4) is 5.75 Å². The summed E-state index contributed by atoms with van der Waals surface area (Å²) in [7, 11) is 3.44. The lowest BCUT2D eigenvalue weighted by Crippen LogP contribution is -2.37. The molecule has 0 atom stereocenters. The zero-order valence-electron chi connectivity index (χ0n) is 16.4. The van der Waals surface area contributed by atoms with Crippen LogP contribution in [0.4, 0.5) is 0 Å². The number of halogens is 1. The molecule has 2 rings (SSSR count). The Morgan fingerprint density at radius 1 is 1.22 bits per heavy atom. The highest BCUT2D eigenvalue weighted by Crippen LogP contribution is 2.20. The molecule has 0 radical (unpaired) electrons. The smallest absolute Gasteiger partial charge is 0.191 e. The summed E-state index contributed by atoms with van der Waals surface area (Å²) in [4.78, 5) is 9.90. The summed E-state index contributed by atoms with van der Waals surface area (Å²) in [5.74, 6) is 1.64. The Kier molecular flexibility index (Phi) is 11.3. The molecule has 0 aliphatic carbocycles. The average Bonchev–Trinajstić information content (AvgIpc) is 3.04. The van der Waals surface area contributed by atoms with Crippen LogP contribution in [0.1, 0.15) is 21.0 Å². The summed E-state index contributed by atoms with van der Waals surface area (Å²) in [6.07, 6.45) is 2.80. The van der Waals surface area contributed by atoms with Crippen molar-refractivity contribution < 1.29 is 9.47 Å². The third-order valence-corrected chi connectivity index (χ3v) is 4.71. The molecule has 0 amide bonds. The van der Waals surface area contributed by atoms with Gasteiger partial charge in [-0.25, -0.2) is 4.98 Å². The number of rotatable bonds is 9. The standard InChI is InChI=1S/C19H28N4O2S.HI/c1-14-5-6-16(17(11-14)25-10-9-24-4)13-23-19(20-3)21-8-7-18-22-12-15(2)26-18;/h5-6,11-12H,7-10,13H2,1-4H3,(H2,20,21,23);1H. The van der Waals surface area contributed by atoms with Crippen LogP contribution in [-0.4, -0.2) is 44.9 Å². The number of nitrogens with zero attached hydrogens (tertiary/aromatic N) is 2. The fraction of sp³-hybridized carbons (Fsp3) is 0.474. The van der Waals surface area contributed by atoms with E-state index < -0.39 is 0 Å². The van der Waals surface area contributed by atoms with Crippen molar-refractivity contribution in [2.45, 2.75) is 26.8 Å². The molecule has 2 N–H and O–H groups in total. The van der Waals surface area contributed by atoms with Crippen LogP contribution >= 0.6 is 35.3 Å². The van der Waals surface area contributed by atoms with E-state index >= 15 is 0 Å². The van der Waals surface area contributed by atoms with Crippen LogP contribution in [-0.2, 0) is 17.7 Å². The summed E-state index contributed by atoms with van der Waals surface area (Å²) < 4.78 is 10.9. The van der Waals surface area contributed by atoms with E-state index in [0.29, 0.717) is 19.8 Å². The molecule has 0 spiro atoms. The Bertz CT molecular complexity index is 721. The van der Waals surface area contributed by atoms with Gasteiger partial charge in [-0.15, -0.1) is 35.3 Å². The molecule has 0 unspecified atom stereocenters. The molecule has 0 aliphatic heterocycles. The first kappa shape index (κ1) is 23.6. The number of benzene rings is 1. The van der Waals surface area contributed by atoms with Crippen LogP contribution in [0.2, 0.25) is 0 Å². The number of guanidine groups is 1. The maximum absolute atomic E-state index is 5.83. The van der Waals surface area contributed by atoms with Gasteiger partial charge in [-0.05, 0) is 25.5 Å². The van der Waals surface area contributed by atoms with Crippen molar-refractivity contribution in [1.29, 1.82) is 0 Å². The van der Waals surface area contributed by atoms with Crippen molar-refractivity contribution >= 4 is 41.3 Å². The summed E-state index contributed by atoms with van der Waals surface area (Å²) in [5, 5.41) is 7.80. The second-order valence-corrected chi connectivity index (χ2v) is 7.24. The maximum atomic E-state index is 5.83. The van der Waals surface area contributed by atoms with Crippen molar-refractivity contribution in [2.24, 2.45) is 4.99 Å². The number of ether oxygens (including phenoxy) is 2. The summed E-state index contributed by atoms with van der Waals surface area (Å²) in [6, 6.07) is 6.21. The Balaban J connectivity index is 0.00000364. The minimum absolute atomic E-state index is 0. The number of thiazole rings is 1. The molecule has 0 fully saturated rings. The van der Waals surface area contributed by atoms with Gasteiger partial charge < -0.3 is 20.1 Å². The van der Waals surface area contributed by atoms with Crippen LogP contribution in [0.5, 0.6) is 5.75 Å². The van der Waals surface area contributed by atoms with Crippen molar-refractivity contribution in [3.63, 3.8) is 0 Å². The SMILES string of the molecule is CN=C(NCCc1ncc(C)s1)NCc1ccc(C)cc1OCCOC.I. The first-order valence-electron chi connectivity index (χ1n) is 8.69. The Morgan fingerprint density at radius 2 is 2.04 bits per heavy atom. The van der Waals surface area contributed by atoms with Gasteiger partial charge in [-0.3, -0.25) is 4.99 Å². The van der Waals surface area contributed by atoms with E-state index in [-0.39, 0.29) is 24.0 Å². The zero-order valence-corrected chi connectivity index (χ0v) is 19.5. The highest BCUT2D eigenvalue weighted by Gasteiger charge is 2.06. The highest BCUT2D eigenvalue weighted by molar-refractivity contribution is 14.0. The molecule has 1 heterocycles. The van der Waals surface area contributed by atoms with E-state index in [1.165, 1.54) is 10.4 Å². The second-order valence-electron chi connectivity index (χ2n) is 5.92. The third-order valence-electron chi connectivity index (χ3n) is 3.74. The number of aliphatic imine (C=N–C) groups is 1. The first-order chi connectivity index (χ1) is 12.6. The molecule has 27 heavy (non-hydrogen) atoms. The lowest BCUT2D eigenvalue weighted by Gasteiger charge is -2.15. The molecule has 0 bridgehead atoms. The van der Waals surface area contributed by atoms with Gasteiger partial charge in [0, 0.05) is 50.3 Å². The van der Waals surface area contributed by atoms with E-state index in [4.69, 9.17) is 9.47 Å². The van der Waals surface area contributed by atoms with Crippen LogP contribution in [0.3, 0.4) is 0 Å². The first-order valence-corrected chi connectivity index (χ1v) is 9.51. The minimum Gasteiger partial charge on any atom is -0.491 e. The average molecular weight is 504 g/mol. The van der Waals surface area contributed by atoms with Gasteiger partial charge in [0.1, 0.15) is 12.4 Å². The molecule has 8 heteroatoms. The number of aryl methyl sites for hydroxylation is 2. The molecule has 0 aliphatic rings. The predicted octanol–water partition coefficient (Wildman–Crippen LogP) is 3.31. The monoisotopic (exact) mass is 504 g/mol. The van der Waals surface area contributed by atoms with Gasteiger partial charge in [0.25, 0.3) is 0 Å². The normalized spacial score (nSPS) is 11.0. The van der Waals surface area contributed by atoms with Crippen molar-refractivity contribution in [3.05, 3.63) is 45.4 Å². The highest BCUT2D eigenvalue weighted by atomic mass is 127.